The summed E-state index contributed by atoms with van der Waals surface area (Å²) >= 11 is 13.8. The van der Waals surface area contributed by atoms with Crippen molar-refractivity contribution in [1.82, 2.24) is 20.2 Å². The summed E-state index contributed by atoms with van der Waals surface area (Å²) < 4.78 is 0. The molecular weight excluding hydrogens is 453 g/mol. The van der Waals surface area contributed by atoms with E-state index >= 15 is 0 Å². The Labute approximate surface area is 194 Å². The number of hydrogen-bond donors (Lipinski definition) is 2. The Bertz CT molecular complexity index is 1120. The van der Waals surface area contributed by atoms with Crippen LogP contribution in [0.2, 0.25) is 10.0 Å². The molecule has 3 aromatic rings. The van der Waals surface area contributed by atoms with Gasteiger partial charge >= 0.3 is 0 Å². The molecule has 1 spiro atoms. The van der Waals surface area contributed by atoms with Crippen LogP contribution in [0.1, 0.15) is 30.0 Å². The van der Waals surface area contributed by atoms with E-state index in [1.807, 2.05) is 12.1 Å². The van der Waals surface area contributed by atoms with Gasteiger partial charge in [-0.3, -0.25) is 0 Å². The molecule has 0 amide bonds. The van der Waals surface area contributed by atoms with Crippen LogP contribution in [0.15, 0.2) is 46.6 Å². The van der Waals surface area contributed by atoms with Crippen molar-refractivity contribution in [1.29, 1.82) is 0 Å². The third-order valence-corrected chi connectivity index (χ3v) is 8.01. The fourth-order valence-corrected chi connectivity index (χ4v) is 5.70. The molecule has 2 aliphatic rings. The molecule has 0 radical (unpaired) electrons. The number of aromatic nitrogens is 4. The fraction of sp³-hybridized carbons (Fsp3) is 0.333. The van der Waals surface area contributed by atoms with Crippen LogP contribution in [0, 0.1) is 5.41 Å². The van der Waals surface area contributed by atoms with E-state index in [2.05, 4.69) is 31.1 Å². The monoisotopic (exact) mass is 473 g/mol. The van der Waals surface area contributed by atoms with Crippen molar-refractivity contribution >= 4 is 46.7 Å². The average Bonchev–Trinajstić information content (AvgIpc) is 3.04. The van der Waals surface area contributed by atoms with Crippen LogP contribution < -0.4 is 16.4 Å². The lowest BCUT2D eigenvalue weighted by molar-refractivity contribution is 0.186. The van der Waals surface area contributed by atoms with Crippen LogP contribution in [0.25, 0.3) is 0 Å². The number of anilines is 2. The summed E-state index contributed by atoms with van der Waals surface area (Å²) in [5, 5.41) is 10.5. The van der Waals surface area contributed by atoms with E-state index in [1.165, 1.54) is 22.9 Å². The zero-order chi connectivity index (χ0) is 21.6. The fourth-order valence-electron chi connectivity index (χ4n) is 4.56. The summed E-state index contributed by atoms with van der Waals surface area (Å²) in [7, 11) is 0. The lowest BCUT2D eigenvalue weighted by Gasteiger charge is -2.42. The third-order valence-electron chi connectivity index (χ3n) is 6.31. The SMILES string of the molecule is Nc1nccc(Sc2cnc(N3CCC4(CC3)Cc3ccc(Cl)cc3[C@H]4N)nn2)c1Cl. The first-order valence-electron chi connectivity index (χ1n) is 10.0. The number of nitrogens with zero attached hydrogens (tertiary/aromatic N) is 5. The van der Waals surface area contributed by atoms with Crippen LogP contribution in [-0.2, 0) is 6.42 Å². The van der Waals surface area contributed by atoms with Crippen LogP contribution in [0.4, 0.5) is 11.8 Å². The Kier molecular flexibility index (Phi) is 5.42. The summed E-state index contributed by atoms with van der Waals surface area (Å²) in [5.41, 5.74) is 15.0. The van der Waals surface area contributed by atoms with Crippen molar-refractivity contribution in [2.24, 2.45) is 11.1 Å². The van der Waals surface area contributed by atoms with Gasteiger partial charge in [-0.2, -0.15) is 0 Å². The van der Waals surface area contributed by atoms with E-state index in [0.29, 0.717) is 21.8 Å². The highest BCUT2D eigenvalue weighted by atomic mass is 35.5. The van der Waals surface area contributed by atoms with E-state index in [9.17, 15) is 0 Å². The van der Waals surface area contributed by atoms with Gasteiger partial charge in [0.15, 0.2) is 0 Å². The van der Waals surface area contributed by atoms with Gasteiger partial charge in [0.2, 0.25) is 5.95 Å². The standard InChI is InChI=1S/C21H21Cl2N7S/c22-13-2-1-12-10-21(18(24)14(12)9-13)4-7-30(8-5-21)20-27-11-16(28-29-20)31-15-3-6-26-19(25)17(15)23/h1-3,6,9,11,18H,4-5,7-8,10,24H2,(H2,25,26)/t18-/m1/s1. The summed E-state index contributed by atoms with van der Waals surface area (Å²) in [5.74, 6) is 0.924. The maximum atomic E-state index is 6.68. The van der Waals surface area contributed by atoms with Crippen molar-refractivity contribution < 1.29 is 0 Å². The number of nitrogen functional groups attached to an aromatic ring is 1. The molecule has 1 aliphatic carbocycles. The maximum Gasteiger partial charge on any atom is 0.245 e. The van der Waals surface area contributed by atoms with Gasteiger partial charge in [0.05, 0.1) is 11.2 Å². The Hall–Kier alpha value is -2.13. The lowest BCUT2D eigenvalue weighted by atomic mass is 9.73. The summed E-state index contributed by atoms with van der Waals surface area (Å²) in [6, 6.07) is 7.89. The minimum absolute atomic E-state index is 0.0127. The van der Waals surface area contributed by atoms with Gasteiger partial charge in [-0.25, -0.2) is 9.97 Å². The molecule has 2 aromatic heterocycles. The molecule has 5 rings (SSSR count). The van der Waals surface area contributed by atoms with Crippen molar-refractivity contribution in [3.8, 4) is 0 Å². The molecule has 1 fully saturated rings. The molecule has 1 atom stereocenters. The topological polar surface area (TPSA) is 107 Å². The molecule has 31 heavy (non-hydrogen) atoms. The quantitative estimate of drug-likeness (QED) is 0.583. The van der Waals surface area contributed by atoms with Gasteiger partial charge in [0, 0.05) is 35.2 Å². The minimum atomic E-state index is 0.0127. The van der Waals surface area contributed by atoms with Gasteiger partial charge in [-0.05, 0) is 54.0 Å². The smallest absolute Gasteiger partial charge is 0.245 e. The molecular formula is C21H21Cl2N7S. The van der Waals surface area contributed by atoms with E-state index in [-0.39, 0.29) is 11.5 Å². The predicted molar refractivity (Wildman–Crippen MR) is 124 cm³/mol. The average molecular weight is 474 g/mol. The largest absolute Gasteiger partial charge is 0.382 e. The molecule has 7 nitrogen and oxygen atoms in total. The van der Waals surface area contributed by atoms with Crippen molar-refractivity contribution in [2.45, 2.75) is 35.2 Å². The van der Waals surface area contributed by atoms with Crippen molar-refractivity contribution in [2.75, 3.05) is 23.7 Å². The second kappa shape index (κ2) is 8.09. The van der Waals surface area contributed by atoms with Crippen molar-refractivity contribution in [3.05, 3.63) is 57.8 Å². The number of halogens is 2. The third kappa shape index (κ3) is 3.82. The van der Waals surface area contributed by atoms with Gasteiger partial charge < -0.3 is 16.4 Å². The first-order chi connectivity index (χ1) is 14.9. The van der Waals surface area contributed by atoms with E-state index in [4.69, 9.17) is 34.7 Å². The van der Waals surface area contributed by atoms with E-state index < -0.39 is 0 Å². The zero-order valence-electron chi connectivity index (χ0n) is 16.6. The van der Waals surface area contributed by atoms with E-state index in [0.717, 1.165) is 42.3 Å². The molecule has 160 valence electrons. The molecule has 0 unspecified atom stereocenters. The highest BCUT2D eigenvalue weighted by Gasteiger charge is 2.46. The van der Waals surface area contributed by atoms with E-state index in [1.54, 1.807) is 18.5 Å². The van der Waals surface area contributed by atoms with Crippen LogP contribution in [0.3, 0.4) is 0 Å². The Morgan fingerprint density at radius 2 is 1.90 bits per heavy atom. The second-order valence-corrected chi connectivity index (χ2v) is 9.93. The number of benzene rings is 1. The zero-order valence-corrected chi connectivity index (χ0v) is 19.0. The first kappa shape index (κ1) is 20.8. The van der Waals surface area contributed by atoms with Gasteiger partial charge in [-0.15, -0.1) is 10.2 Å². The number of hydrogen-bond acceptors (Lipinski definition) is 8. The minimum Gasteiger partial charge on any atom is -0.382 e. The molecule has 0 saturated carbocycles. The lowest BCUT2D eigenvalue weighted by Crippen LogP contribution is -2.45. The molecule has 1 aliphatic heterocycles. The number of rotatable bonds is 3. The Balaban J connectivity index is 1.26. The normalized spacial score (nSPS) is 19.6. The van der Waals surface area contributed by atoms with Crippen LogP contribution in [-0.4, -0.2) is 33.3 Å². The van der Waals surface area contributed by atoms with Crippen LogP contribution >= 0.6 is 35.0 Å². The predicted octanol–water partition coefficient (Wildman–Crippen LogP) is 4.15. The van der Waals surface area contributed by atoms with Gasteiger partial charge in [0.25, 0.3) is 0 Å². The maximum absolute atomic E-state index is 6.68. The number of nitrogens with two attached hydrogens (primary N) is 2. The first-order valence-corrected chi connectivity index (χ1v) is 11.6. The van der Waals surface area contributed by atoms with Gasteiger partial charge in [-0.1, -0.05) is 41.0 Å². The summed E-state index contributed by atoms with van der Waals surface area (Å²) in [4.78, 5) is 11.4. The Morgan fingerprint density at radius 1 is 1.10 bits per heavy atom. The Morgan fingerprint density at radius 3 is 2.65 bits per heavy atom. The molecule has 3 heterocycles. The number of piperidine rings is 1. The molecule has 1 aromatic carbocycles. The summed E-state index contributed by atoms with van der Waals surface area (Å²) in [6.45, 7) is 1.69. The molecule has 0 bridgehead atoms. The number of fused-ring (bicyclic) bond motifs is 1. The summed E-state index contributed by atoms with van der Waals surface area (Å²) in [6.07, 6.45) is 6.28. The molecule has 1 saturated heterocycles. The highest BCUT2D eigenvalue weighted by molar-refractivity contribution is 7.99. The molecule has 10 heteroatoms. The van der Waals surface area contributed by atoms with Gasteiger partial charge in [0.1, 0.15) is 10.8 Å². The van der Waals surface area contributed by atoms with Crippen molar-refractivity contribution in [3.63, 3.8) is 0 Å². The highest BCUT2D eigenvalue weighted by Crippen LogP contribution is 2.51. The number of pyridine rings is 1. The van der Waals surface area contributed by atoms with Crippen LogP contribution in [0.5, 0.6) is 0 Å². The second-order valence-electron chi connectivity index (χ2n) is 8.05. The molecule has 4 N–H and O–H groups in total.